The number of benzene rings is 1. The molecule has 1 N–H and O–H groups in total. The highest BCUT2D eigenvalue weighted by molar-refractivity contribution is 5.80. The standard InChI is InChI=1S/C17H27NO3/c1-5-12-18-17(4,16(19)20-6-2)11-13-21-15-10-8-7-9-14(15)3/h7-10,18H,5-6,11-13H2,1-4H3. The van der Waals surface area contributed by atoms with Crippen LogP contribution in [0, 0.1) is 6.92 Å². The van der Waals surface area contributed by atoms with Gasteiger partial charge >= 0.3 is 5.97 Å². The molecule has 0 radical (unpaired) electrons. The Bertz CT molecular complexity index is 447. The van der Waals surface area contributed by atoms with Crippen molar-refractivity contribution in [1.29, 1.82) is 0 Å². The van der Waals surface area contributed by atoms with Gasteiger partial charge in [0.1, 0.15) is 11.3 Å². The monoisotopic (exact) mass is 293 g/mol. The molecule has 0 heterocycles. The van der Waals surface area contributed by atoms with Crippen molar-refractivity contribution in [1.82, 2.24) is 5.32 Å². The minimum atomic E-state index is -0.700. The molecular formula is C17H27NO3. The SMILES string of the molecule is CCCNC(C)(CCOc1ccccc1C)C(=O)OCC. The van der Waals surface area contributed by atoms with Crippen LogP contribution < -0.4 is 10.1 Å². The molecule has 0 aliphatic rings. The fourth-order valence-electron chi connectivity index (χ4n) is 2.04. The number of aryl methyl sites for hydroxylation is 1. The third kappa shape index (κ3) is 5.38. The summed E-state index contributed by atoms with van der Waals surface area (Å²) in [6, 6.07) is 7.88. The Hall–Kier alpha value is -1.55. The molecule has 0 bridgehead atoms. The summed E-state index contributed by atoms with van der Waals surface area (Å²) in [4.78, 5) is 12.1. The van der Waals surface area contributed by atoms with E-state index in [0.717, 1.165) is 24.3 Å². The lowest BCUT2D eigenvalue weighted by Gasteiger charge is -2.28. The minimum Gasteiger partial charge on any atom is -0.493 e. The van der Waals surface area contributed by atoms with Gasteiger partial charge in [-0.25, -0.2) is 0 Å². The van der Waals surface area contributed by atoms with Gasteiger partial charge in [-0.3, -0.25) is 4.79 Å². The highest BCUT2D eigenvalue weighted by Gasteiger charge is 2.33. The lowest BCUT2D eigenvalue weighted by molar-refractivity contribution is -0.151. The summed E-state index contributed by atoms with van der Waals surface area (Å²) in [5, 5.41) is 3.28. The number of rotatable bonds is 9. The Labute approximate surface area is 127 Å². The Morgan fingerprint density at radius 3 is 2.62 bits per heavy atom. The zero-order valence-electron chi connectivity index (χ0n) is 13.6. The van der Waals surface area contributed by atoms with Gasteiger partial charge in [-0.05, 0) is 45.4 Å². The number of ether oxygens (including phenoxy) is 2. The highest BCUT2D eigenvalue weighted by Crippen LogP contribution is 2.18. The number of para-hydroxylation sites is 1. The van der Waals surface area contributed by atoms with Gasteiger partial charge in [0.15, 0.2) is 0 Å². The third-order valence-electron chi connectivity index (χ3n) is 3.44. The predicted octanol–water partition coefficient (Wildman–Crippen LogP) is 3.09. The molecule has 1 aromatic rings. The van der Waals surface area contributed by atoms with Crippen LogP contribution in [-0.2, 0) is 9.53 Å². The molecule has 0 aliphatic heterocycles. The van der Waals surface area contributed by atoms with Gasteiger partial charge in [-0.15, -0.1) is 0 Å². The van der Waals surface area contributed by atoms with E-state index < -0.39 is 5.54 Å². The van der Waals surface area contributed by atoms with Crippen molar-refractivity contribution in [2.45, 2.75) is 46.1 Å². The van der Waals surface area contributed by atoms with Gasteiger partial charge < -0.3 is 14.8 Å². The maximum atomic E-state index is 12.1. The Kier molecular flexibility index (Phi) is 7.23. The lowest BCUT2D eigenvalue weighted by Crippen LogP contribution is -2.51. The summed E-state index contributed by atoms with van der Waals surface area (Å²) in [5.74, 6) is 0.644. The van der Waals surface area contributed by atoms with Crippen LogP contribution in [0.25, 0.3) is 0 Å². The van der Waals surface area contributed by atoms with E-state index in [0.29, 0.717) is 19.6 Å². The highest BCUT2D eigenvalue weighted by atomic mass is 16.5. The first-order valence-corrected chi connectivity index (χ1v) is 7.64. The zero-order valence-corrected chi connectivity index (χ0v) is 13.6. The minimum absolute atomic E-state index is 0.216. The summed E-state index contributed by atoms with van der Waals surface area (Å²) in [6.07, 6.45) is 1.54. The maximum absolute atomic E-state index is 12.1. The molecule has 0 aromatic heterocycles. The second kappa shape index (κ2) is 8.67. The van der Waals surface area contributed by atoms with Crippen molar-refractivity contribution in [2.75, 3.05) is 19.8 Å². The molecule has 4 nitrogen and oxygen atoms in total. The number of carbonyl (C=O) groups excluding carboxylic acids is 1. The number of esters is 1. The second-order valence-electron chi connectivity index (χ2n) is 5.34. The summed E-state index contributed by atoms with van der Waals surface area (Å²) in [5.41, 5.74) is 0.395. The van der Waals surface area contributed by atoms with Crippen LogP contribution in [0.15, 0.2) is 24.3 Å². The summed E-state index contributed by atoms with van der Waals surface area (Å²) < 4.78 is 11.0. The fourth-order valence-corrected chi connectivity index (χ4v) is 2.04. The fraction of sp³-hybridized carbons (Fsp3) is 0.588. The van der Waals surface area contributed by atoms with Crippen molar-refractivity contribution >= 4 is 5.97 Å². The van der Waals surface area contributed by atoms with Gasteiger partial charge in [0, 0.05) is 6.42 Å². The van der Waals surface area contributed by atoms with Crippen LogP contribution in [0.1, 0.15) is 39.2 Å². The van der Waals surface area contributed by atoms with Crippen molar-refractivity contribution in [3.63, 3.8) is 0 Å². The maximum Gasteiger partial charge on any atom is 0.326 e. The molecule has 0 fully saturated rings. The average molecular weight is 293 g/mol. The lowest BCUT2D eigenvalue weighted by atomic mass is 9.98. The molecule has 1 unspecified atom stereocenters. The first-order chi connectivity index (χ1) is 10.0. The topological polar surface area (TPSA) is 47.6 Å². The molecule has 0 saturated carbocycles. The van der Waals surface area contributed by atoms with Gasteiger partial charge in [0.25, 0.3) is 0 Å². The molecule has 0 spiro atoms. The second-order valence-corrected chi connectivity index (χ2v) is 5.34. The Morgan fingerprint density at radius 2 is 2.00 bits per heavy atom. The molecule has 21 heavy (non-hydrogen) atoms. The average Bonchev–Trinajstić information content (AvgIpc) is 2.47. The van der Waals surface area contributed by atoms with Crippen molar-refractivity contribution in [3.8, 4) is 5.75 Å². The quantitative estimate of drug-likeness (QED) is 0.711. The first-order valence-electron chi connectivity index (χ1n) is 7.64. The smallest absolute Gasteiger partial charge is 0.326 e. The zero-order chi connectivity index (χ0) is 15.7. The largest absolute Gasteiger partial charge is 0.493 e. The van der Waals surface area contributed by atoms with Gasteiger partial charge in [0.05, 0.1) is 13.2 Å². The summed E-state index contributed by atoms with van der Waals surface area (Å²) in [6.45, 7) is 9.42. The van der Waals surface area contributed by atoms with E-state index in [-0.39, 0.29) is 5.97 Å². The molecule has 0 amide bonds. The summed E-state index contributed by atoms with van der Waals surface area (Å²) in [7, 11) is 0. The molecule has 1 atom stereocenters. The molecular weight excluding hydrogens is 266 g/mol. The molecule has 1 aromatic carbocycles. The van der Waals surface area contributed by atoms with Gasteiger partial charge in [-0.1, -0.05) is 25.1 Å². The van der Waals surface area contributed by atoms with Crippen molar-refractivity contribution < 1.29 is 14.3 Å². The van der Waals surface area contributed by atoms with E-state index in [1.54, 1.807) is 0 Å². The van der Waals surface area contributed by atoms with Gasteiger partial charge in [0.2, 0.25) is 0 Å². The van der Waals surface area contributed by atoms with Crippen LogP contribution >= 0.6 is 0 Å². The predicted molar refractivity (Wildman–Crippen MR) is 84.6 cm³/mol. The van der Waals surface area contributed by atoms with Crippen LogP contribution in [0.2, 0.25) is 0 Å². The van der Waals surface area contributed by atoms with Crippen molar-refractivity contribution in [3.05, 3.63) is 29.8 Å². The first kappa shape index (κ1) is 17.5. The number of nitrogens with one attached hydrogen (secondary N) is 1. The van der Waals surface area contributed by atoms with E-state index in [2.05, 4.69) is 12.2 Å². The van der Waals surface area contributed by atoms with Crippen LogP contribution in [0.3, 0.4) is 0 Å². The van der Waals surface area contributed by atoms with E-state index in [1.807, 2.05) is 45.0 Å². The molecule has 1 rings (SSSR count). The van der Waals surface area contributed by atoms with Crippen LogP contribution in [0.5, 0.6) is 5.75 Å². The molecule has 4 heteroatoms. The van der Waals surface area contributed by atoms with Gasteiger partial charge in [-0.2, -0.15) is 0 Å². The van der Waals surface area contributed by atoms with E-state index in [1.165, 1.54) is 0 Å². The number of hydrogen-bond donors (Lipinski definition) is 1. The number of carbonyl (C=O) groups is 1. The van der Waals surface area contributed by atoms with Crippen LogP contribution in [0.4, 0.5) is 0 Å². The van der Waals surface area contributed by atoms with Crippen LogP contribution in [-0.4, -0.2) is 31.3 Å². The molecule has 118 valence electrons. The normalized spacial score (nSPS) is 13.5. The Morgan fingerprint density at radius 1 is 1.29 bits per heavy atom. The summed E-state index contributed by atoms with van der Waals surface area (Å²) >= 11 is 0. The van der Waals surface area contributed by atoms with E-state index >= 15 is 0 Å². The Balaban J connectivity index is 2.60. The molecule has 0 aliphatic carbocycles. The van der Waals surface area contributed by atoms with E-state index in [9.17, 15) is 4.79 Å². The number of hydrogen-bond acceptors (Lipinski definition) is 4. The van der Waals surface area contributed by atoms with E-state index in [4.69, 9.17) is 9.47 Å². The van der Waals surface area contributed by atoms with Crippen molar-refractivity contribution in [2.24, 2.45) is 0 Å². The third-order valence-corrected chi connectivity index (χ3v) is 3.44. The molecule has 0 saturated heterocycles.